The Morgan fingerprint density at radius 2 is 2.04 bits per heavy atom. The number of aromatic nitrogens is 2. The van der Waals surface area contributed by atoms with Gasteiger partial charge in [-0.3, -0.25) is 4.68 Å². The fourth-order valence-electron chi connectivity index (χ4n) is 3.58. The van der Waals surface area contributed by atoms with Crippen molar-refractivity contribution >= 4 is 6.03 Å². The molecule has 6 nitrogen and oxygen atoms in total. The fraction of sp³-hybridized carbons (Fsp3) is 0.474. The second-order valence-corrected chi connectivity index (χ2v) is 6.54. The average Bonchev–Trinajstić information content (AvgIpc) is 3.17. The molecule has 134 valence electrons. The van der Waals surface area contributed by atoms with Gasteiger partial charge in [0.05, 0.1) is 18.1 Å². The second-order valence-electron chi connectivity index (χ2n) is 6.54. The molecule has 0 saturated heterocycles. The third-order valence-corrected chi connectivity index (χ3v) is 4.84. The zero-order chi connectivity index (χ0) is 17.5. The summed E-state index contributed by atoms with van der Waals surface area (Å²) in [5.41, 5.74) is 0.999. The number of rotatable bonds is 6. The van der Waals surface area contributed by atoms with E-state index >= 15 is 0 Å². The van der Waals surface area contributed by atoms with Crippen LogP contribution in [0.2, 0.25) is 0 Å². The van der Waals surface area contributed by atoms with Crippen LogP contribution in [0.5, 0.6) is 0 Å². The summed E-state index contributed by atoms with van der Waals surface area (Å²) in [6.07, 6.45) is 8.46. The van der Waals surface area contributed by atoms with Crippen LogP contribution in [0, 0.1) is 0 Å². The van der Waals surface area contributed by atoms with Crippen molar-refractivity contribution in [3.8, 4) is 0 Å². The highest BCUT2D eigenvalue weighted by Gasteiger charge is 2.28. The van der Waals surface area contributed by atoms with Crippen LogP contribution in [-0.4, -0.2) is 33.6 Å². The van der Waals surface area contributed by atoms with Crippen LogP contribution in [0.4, 0.5) is 4.79 Å². The van der Waals surface area contributed by atoms with Crippen LogP contribution >= 0.6 is 0 Å². The predicted octanol–water partition coefficient (Wildman–Crippen LogP) is 2.79. The monoisotopic (exact) mass is 342 g/mol. The molecule has 2 aromatic rings. The van der Waals surface area contributed by atoms with Crippen molar-refractivity contribution < 1.29 is 9.90 Å². The van der Waals surface area contributed by atoms with E-state index in [2.05, 4.69) is 15.7 Å². The molecule has 1 aliphatic rings. The summed E-state index contributed by atoms with van der Waals surface area (Å²) in [6.45, 7) is 0.0270. The zero-order valence-corrected chi connectivity index (χ0v) is 14.3. The Bertz CT molecular complexity index is 645. The number of amides is 2. The van der Waals surface area contributed by atoms with Gasteiger partial charge in [-0.15, -0.1) is 0 Å². The van der Waals surface area contributed by atoms with Crippen LogP contribution in [0.15, 0.2) is 48.8 Å². The number of aliphatic hydroxyl groups is 1. The third kappa shape index (κ3) is 4.60. The molecule has 0 radical (unpaired) electrons. The van der Waals surface area contributed by atoms with Gasteiger partial charge in [-0.25, -0.2) is 4.79 Å². The molecule has 6 heteroatoms. The molecule has 1 fully saturated rings. The lowest BCUT2D eigenvalue weighted by molar-refractivity contribution is 0.207. The van der Waals surface area contributed by atoms with Crippen LogP contribution in [0.3, 0.4) is 0 Å². The Morgan fingerprint density at radius 1 is 1.24 bits per heavy atom. The van der Waals surface area contributed by atoms with Gasteiger partial charge < -0.3 is 15.7 Å². The number of nitrogens with one attached hydrogen (secondary N) is 2. The summed E-state index contributed by atoms with van der Waals surface area (Å²) in [5, 5.41) is 19.8. The van der Waals surface area contributed by atoms with E-state index in [0.29, 0.717) is 6.42 Å². The van der Waals surface area contributed by atoms with E-state index in [-0.39, 0.29) is 30.8 Å². The summed E-state index contributed by atoms with van der Waals surface area (Å²) in [5.74, 6) is 0. The first-order valence-electron chi connectivity index (χ1n) is 9.00. The Kier molecular flexibility index (Phi) is 6.06. The lowest BCUT2D eigenvalue weighted by Crippen LogP contribution is -2.48. The molecule has 1 aromatic heterocycles. The van der Waals surface area contributed by atoms with E-state index in [0.717, 1.165) is 31.2 Å². The standard InChI is InChI=1S/C19H26N4O2/c24-14-11-16(15-7-2-1-3-8-15)21-19(25)22-17-9-4-5-10-18(17)23-13-6-12-20-23/h1-3,6-8,12-13,16-18,24H,4-5,9-11,14H2,(H2,21,22,25)/t16-,17?,18?/m1/s1. The third-order valence-electron chi connectivity index (χ3n) is 4.84. The molecule has 25 heavy (non-hydrogen) atoms. The number of aliphatic hydroxyl groups excluding tert-OH is 1. The van der Waals surface area contributed by atoms with Gasteiger partial charge in [0.15, 0.2) is 0 Å². The van der Waals surface area contributed by atoms with E-state index in [1.165, 1.54) is 0 Å². The maximum atomic E-state index is 12.6. The normalized spacial score (nSPS) is 21.5. The maximum Gasteiger partial charge on any atom is 0.315 e. The van der Waals surface area contributed by atoms with E-state index in [1.807, 2.05) is 47.3 Å². The van der Waals surface area contributed by atoms with Gasteiger partial charge in [-0.1, -0.05) is 43.2 Å². The molecule has 1 aromatic carbocycles. The minimum atomic E-state index is -0.196. The van der Waals surface area contributed by atoms with Crippen LogP contribution < -0.4 is 10.6 Å². The van der Waals surface area contributed by atoms with E-state index < -0.39 is 0 Å². The van der Waals surface area contributed by atoms with Gasteiger partial charge in [0.1, 0.15) is 0 Å². The van der Waals surface area contributed by atoms with Crippen molar-refractivity contribution in [2.24, 2.45) is 0 Å². The molecule has 0 aliphatic heterocycles. The summed E-state index contributed by atoms with van der Waals surface area (Å²) in [7, 11) is 0. The van der Waals surface area contributed by atoms with Crippen molar-refractivity contribution in [1.29, 1.82) is 0 Å². The molecular weight excluding hydrogens is 316 g/mol. The number of benzene rings is 1. The second kappa shape index (κ2) is 8.67. The molecule has 3 rings (SSSR count). The minimum Gasteiger partial charge on any atom is -0.396 e. The average molecular weight is 342 g/mol. The van der Waals surface area contributed by atoms with Crippen molar-refractivity contribution in [2.75, 3.05) is 6.61 Å². The molecule has 1 aliphatic carbocycles. The molecule has 2 unspecified atom stereocenters. The van der Waals surface area contributed by atoms with Crippen molar-refractivity contribution in [2.45, 2.75) is 50.2 Å². The van der Waals surface area contributed by atoms with E-state index in [4.69, 9.17) is 0 Å². The number of carbonyl (C=O) groups excluding carboxylic acids is 1. The van der Waals surface area contributed by atoms with Gasteiger partial charge >= 0.3 is 6.03 Å². The minimum absolute atomic E-state index is 0.0270. The van der Waals surface area contributed by atoms with E-state index in [1.54, 1.807) is 6.20 Å². The molecule has 1 heterocycles. The van der Waals surface area contributed by atoms with Gasteiger partial charge in [0, 0.05) is 19.0 Å². The van der Waals surface area contributed by atoms with Gasteiger partial charge in [-0.05, 0) is 30.9 Å². The Labute approximate surface area is 148 Å². The predicted molar refractivity (Wildman–Crippen MR) is 96.1 cm³/mol. The van der Waals surface area contributed by atoms with Gasteiger partial charge in [0.2, 0.25) is 0 Å². The SMILES string of the molecule is O=C(NC1CCCCC1n1cccn1)N[C@H](CCO)c1ccccc1. The first-order valence-corrected chi connectivity index (χ1v) is 9.00. The molecule has 3 N–H and O–H groups in total. The van der Waals surface area contributed by atoms with Crippen LogP contribution in [0.1, 0.15) is 49.8 Å². The summed E-state index contributed by atoms with van der Waals surface area (Å²) in [6, 6.07) is 11.5. The van der Waals surface area contributed by atoms with Crippen LogP contribution in [-0.2, 0) is 0 Å². The summed E-state index contributed by atoms with van der Waals surface area (Å²) >= 11 is 0. The molecule has 0 bridgehead atoms. The highest BCUT2D eigenvalue weighted by molar-refractivity contribution is 5.74. The van der Waals surface area contributed by atoms with Crippen molar-refractivity contribution in [1.82, 2.24) is 20.4 Å². The lowest BCUT2D eigenvalue weighted by Gasteiger charge is -2.33. The number of carbonyl (C=O) groups is 1. The highest BCUT2D eigenvalue weighted by atomic mass is 16.3. The topological polar surface area (TPSA) is 79.2 Å². The molecule has 0 spiro atoms. The molecule has 1 saturated carbocycles. The smallest absolute Gasteiger partial charge is 0.315 e. The fourth-order valence-corrected chi connectivity index (χ4v) is 3.58. The molecular formula is C19H26N4O2. The summed E-state index contributed by atoms with van der Waals surface area (Å²) in [4.78, 5) is 12.6. The van der Waals surface area contributed by atoms with Gasteiger partial charge in [-0.2, -0.15) is 5.10 Å². The Balaban J connectivity index is 1.63. The largest absolute Gasteiger partial charge is 0.396 e. The number of urea groups is 1. The highest BCUT2D eigenvalue weighted by Crippen LogP contribution is 2.28. The van der Waals surface area contributed by atoms with Gasteiger partial charge in [0.25, 0.3) is 0 Å². The van der Waals surface area contributed by atoms with E-state index in [9.17, 15) is 9.90 Å². The quantitative estimate of drug-likeness (QED) is 0.755. The maximum absolute atomic E-state index is 12.6. The van der Waals surface area contributed by atoms with Crippen molar-refractivity contribution in [3.63, 3.8) is 0 Å². The molecule has 3 atom stereocenters. The molecule has 2 amide bonds. The van der Waals surface area contributed by atoms with Crippen molar-refractivity contribution in [3.05, 3.63) is 54.4 Å². The first kappa shape index (κ1) is 17.5. The lowest BCUT2D eigenvalue weighted by atomic mass is 9.90. The number of hydrogen-bond acceptors (Lipinski definition) is 3. The number of hydrogen-bond donors (Lipinski definition) is 3. The Hall–Kier alpha value is -2.34. The number of nitrogens with zero attached hydrogens (tertiary/aromatic N) is 2. The Morgan fingerprint density at radius 3 is 2.76 bits per heavy atom. The first-order chi connectivity index (χ1) is 12.3. The van der Waals surface area contributed by atoms with Crippen LogP contribution in [0.25, 0.3) is 0 Å². The summed E-state index contributed by atoms with van der Waals surface area (Å²) < 4.78 is 1.95. The zero-order valence-electron chi connectivity index (χ0n) is 14.3.